The van der Waals surface area contributed by atoms with Crippen LogP contribution in [0.4, 0.5) is 15.8 Å². The van der Waals surface area contributed by atoms with Crippen molar-refractivity contribution in [3.05, 3.63) is 71.9 Å². The van der Waals surface area contributed by atoms with Crippen LogP contribution >= 0.6 is 11.3 Å². The van der Waals surface area contributed by atoms with Gasteiger partial charge in [-0.15, -0.1) is 11.3 Å². The van der Waals surface area contributed by atoms with E-state index in [2.05, 4.69) is 5.32 Å². The Morgan fingerprint density at radius 1 is 1.11 bits per heavy atom. The number of hydrogen-bond donors (Lipinski definition) is 1. The summed E-state index contributed by atoms with van der Waals surface area (Å²) in [5.74, 6) is -0.402. The minimum Gasteiger partial charge on any atom is -0.497 e. The van der Waals surface area contributed by atoms with Crippen molar-refractivity contribution in [2.75, 3.05) is 23.3 Å². The van der Waals surface area contributed by atoms with Crippen molar-refractivity contribution in [1.82, 2.24) is 0 Å². The number of amides is 1. The molecule has 6 nitrogen and oxygen atoms in total. The lowest BCUT2D eigenvalue weighted by Crippen LogP contribution is -2.37. The molecule has 0 atom stereocenters. The smallest absolute Gasteiger partial charge is 0.274 e. The van der Waals surface area contributed by atoms with E-state index < -0.39 is 28.3 Å². The molecule has 9 heteroatoms. The van der Waals surface area contributed by atoms with Crippen LogP contribution in [0.3, 0.4) is 0 Å². The number of benzene rings is 2. The number of methoxy groups -OCH3 is 1. The first kappa shape index (κ1) is 19.8. The van der Waals surface area contributed by atoms with Crippen LogP contribution in [0, 0.1) is 5.82 Å². The zero-order valence-electron chi connectivity index (χ0n) is 14.8. The molecule has 3 aromatic rings. The van der Waals surface area contributed by atoms with Gasteiger partial charge >= 0.3 is 0 Å². The van der Waals surface area contributed by atoms with E-state index in [0.717, 1.165) is 27.8 Å². The first-order valence-corrected chi connectivity index (χ1v) is 10.5. The summed E-state index contributed by atoms with van der Waals surface area (Å²) in [5.41, 5.74) is 0.693. The van der Waals surface area contributed by atoms with E-state index in [4.69, 9.17) is 4.74 Å². The molecule has 146 valence electrons. The Hall–Kier alpha value is -2.91. The van der Waals surface area contributed by atoms with Gasteiger partial charge in [0.2, 0.25) is 5.91 Å². The molecule has 0 fully saturated rings. The van der Waals surface area contributed by atoms with Crippen LogP contribution in [0.25, 0.3) is 0 Å². The summed E-state index contributed by atoms with van der Waals surface area (Å²) < 4.78 is 45.4. The average molecular weight is 420 g/mol. The van der Waals surface area contributed by atoms with E-state index in [1.165, 1.54) is 25.3 Å². The molecule has 0 unspecified atom stereocenters. The number of thiophene rings is 1. The number of ether oxygens (including phenoxy) is 1. The number of halogens is 1. The van der Waals surface area contributed by atoms with E-state index in [1.807, 2.05) is 0 Å². The summed E-state index contributed by atoms with van der Waals surface area (Å²) in [7, 11) is -2.44. The van der Waals surface area contributed by atoms with Gasteiger partial charge in [0.15, 0.2) is 0 Å². The maximum atomic E-state index is 13.3. The van der Waals surface area contributed by atoms with Crippen molar-refractivity contribution < 1.29 is 22.3 Å². The van der Waals surface area contributed by atoms with E-state index >= 15 is 0 Å². The largest absolute Gasteiger partial charge is 0.497 e. The SMILES string of the molecule is COc1ccc(NC(=O)CN(c2ccc(F)cc2)S(=O)(=O)c2cccs2)cc1. The third-order valence-electron chi connectivity index (χ3n) is 3.82. The highest BCUT2D eigenvalue weighted by Crippen LogP contribution is 2.27. The predicted octanol–water partition coefficient (Wildman–Crippen LogP) is 3.73. The van der Waals surface area contributed by atoms with Crippen LogP contribution in [0.2, 0.25) is 0 Å². The molecule has 1 heterocycles. The molecule has 1 amide bonds. The number of sulfonamides is 1. The average Bonchev–Trinajstić information content (AvgIpc) is 3.23. The van der Waals surface area contributed by atoms with Crippen molar-refractivity contribution in [3.8, 4) is 5.75 Å². The quantitative estimate of drug-likeness (QED) is 0.632. The Balaban J connectivity index is 1.86. The first-order chi connectivity index (χ1) is 13.4. The fourth-order valence-electron chi connectivity index (χ4n) is 2.45. The third-order valence-corrected chi connectivity index (χ3v) is 6.96. The second-order valence-corrected chi connectivity index (χ2v) is 8.73. The first-order valence-electron chi connectivity index (χ1n) is 8.16. The highest BCUT2D eigenvalue weighted by atomic mass is 32.2. The predicted molar refractivity (Wildman–Crippen MR) is 107 cm³/mol. The fourth-order valence-corrected chi connectivity index (χ4v) is 4.97. The van der Waals surface area contributed by atoms with Gasteiger partial charge in [-0.25, -0.2) is 12.8 Å². The normalized spacial score (nSPS) is 11.1. The fraction of sp³-hybridized carbons (Fsp3) is 0.105. The number of carbonyl (C=O) groups excluding carboxylic acids is 1. The van der Waals surface area contributed by atoms with Crippen LogP contribution in [0.5, 0.6) is 5.75 Å². The third kappa shape index (κ3) is 4.49. The Kier molecular flexibility index (Phi) is 5.96. The van der Waals surface area contributed by atoms with Crippen molar-refractivity contribution in [1.29, 1.82) is 0 Å². The molecule has 0 bridgehead atoms. The van der Waals surface area contributed by atoms with Crippen LogP contribution in [-0.2, 0) is 14.8 Å². The molecule has 0 saturated heterocycles. The minimum absolute atomic E-state index is 0.0917. The Labute approximate surface area is 166 Å². The molecule has 3 rings (SSSR count). The minimum atomic E-state index is -3.97. The maximum absolute atomic E-state index is 13.3. The summed E-state index contributed by atoms with van der Waals surface area (Å²) in [4.78, 5) is 12.5. The second-order valence-electron chi connectivity index (χ2n) is 5.70. The summed E-state index contributed by atoms with van der Waals surface area (Å²) in [6.07, 6.45) is 0. The Morgan fingerprint density at radius 2 is 1.79 bits per heavy atom. The van der Waals surface area contributed by atoms with Crippen LogP contribution in [0.15, 0.2) is 70.3 Å². The number of nitrogens with zero attached hydrogens (tertiary/aromatic N) is 1. The van der Waals surface area contributed by atoms with Gasteiger partial charge in [0.1, 0.15) is 22.3 Å². The number of anilines is 2. The molecule has 2 aromatic carbocycles. The van der Waals surface area contributed by atoms with Gasteiger partial charge in [0.25, 0.3) is 10.0 Å². The number of rotatable bonds is 7. The van der Waals surface area contributed by atoms with Gasteiger partial charge in [-0.1, -0.05) is 6.07 Å². The molecule has 1 aromatic heterocycles. The van der Waals surface area contributed by atoms with Crippen LogP contribution < -0.4 is 14.4 Å². The zero-order chi connectivity index (χ0) is 20.1. The van der Waals surface area contributed by atoms with Crippen molar-refractivity contribution >= 4 is 38.6 Å². The summed E-state index contributed by atoms with van der Waals surface area (Å²) >= 11 is 1.04. The Bertz CT molecular complexity index is 1030. The molecule has 0 saturated carbocycles. The summed E-state index contributed by atoms with van der Waals surface area (Å²) in [5, 5.41) is 4.28. The topological polar surface area (TPSA) is 75.7 Å². The number of nitrogens with one attached hydrogen (secondary N) is 1. The molecule has 0 aliphatic carbocycles. The summed E-state index contributed by atoms with van der Waals surface area (Å²) in [6.45, 7) is -0.460. The van der Waals surface area contributed by atoms with Gasteiger partial charge in [-0.3, -0.25) is 9.10 Å². The standard InChI is InChI=1S/C19H17FN2O4S2/c1-26-17-10-6-15(7-11-17)21-18(23)13-22(16-8-4-14(20)5-9-16)28(24,25)19-3-2-12-27-19/h2-12H,13H2,1H3,(H,21,23). The molecular formula is C19H17FN2O4S2. The number of carbonyl (C=O) groups is 1. The molecular weight excluding hydrogens is 403 g/mol. The van der Waals surface area contributed by atoms with Crippen LogP contribution in [0.1, 0.15) is 0 Å². The molecule has 0 spiro atoms. The molecule has 0 radical (unpaired) electrons. The van der Waals surface area contributed by atoms with Crippen molar-refractivity contribution in [2.45, 2.75) is 4.21 Å². The van der Waals surface area contributed by atoms with Gasteiger partial charge in [-0.05, 0) is 60.0 Å². The maximum Gasteiger partial charge on any atom is 0.274 e. The molecule has 28 heavy (non-hydrogen) atoms. The lowest BCUT2D eigenvalue weighted by atomic mass is 10.3. The molecule has 0 aliphatic heterocycles. The lowest BCUT2D eigenvalue weighted by molar-refractivity contribution is -0.114. The monoisotopic (exact) mass is 420 g/mol. The lowest BCUT2D eigenvalue weighted by Gasteiger charge is -2.23. The number of hydrogen-bond acceptors (Lipinski definition) is 5. The molecule has 1 N–H and O–H groups in total. The Morgan fingerprint density at radius 3 is 2.36 bits per heavy atom. The highest BCUT2D eigenvalue weighted by Gasteiger charge is 2.28. The van der Waals surface area contributed by atoms with Gasteiger partial charge in [-0.2, -0.15) is 0 Å². The van der Waals surface area contributed by atoms with E-state index in [-0.39, 0.29) is 9.90 Å². The second kappa shape index (κ2) is 8.41. The van der Waals surface area contributed by atoms with Gasteiger partial charge in [0.05, 0.1) is 12.8 Å². The van der Waals surface area contributed by atoms with E-state index in [9.17, 15) is 17.6 Å². The zero-order valence-corrected chi connectivity index (χ0v) is 16.5. The highest BCUT2D eigenvalue weighted by molar-refractivity contribution is 7.94. The van der Waals surface area contributed by atoms with Gasteiger partial charge in [0, 0.05) is 5.69 Å². The van der Waals surface area contributed by atoms with Crippen LogP contribution in [-0.4, -0.2) is 28.0 Å². The van der Waals surface area contributed by atoms with Crippen molar-refractivity contribution in [2.24, 2.45) is 0 Å². The summed E-state index contributed by atoms with van der Waals surface area (Å²) in [6, 6.07) is 14.6. The van der Waals surface area contributed by atoms with E-state index in [0.29, 0.717) is 11.4 Å². The van der Waals surface area contributed by atoms with Gasteiger partial charge < -0.3 is 10.1 Å². The van der Waals surface area contributed by atoms with E-state index in [1.54, 1.807) is 35.7 Å². The molecule has 0 aliphatic rings. The van der Waals surface area contributed by atoms with Crippen molar-refractivity contribution in [3.63, 3.8) is 0 Å².